The number of fused-ring (bicyclic) bond motifs is 1. The van der Waals surface area contributed by atoms with Gasteiger partial charge in [-0.15, -0.1) is 0 Å². The average Bonchev–Trinajstić information content (AvgIpc) is 3.25. The van der Waals surface area contributed by atoms with Gasteiger partial charge < -0.3 is 15.5 Å². The van der Waals surface area contributed by atoms with Crippen molar-refractivity contribution in [3.63, 3.8) is 0 Å². The van der Waals surface area contributed by atoms with Crippen molar-refractivity contribution in [3.05, 3.63) is 71.8 Å². The lowest BCUT2D eigenvalue weighted by Gasteiger charge is -2.32. The normalized spacial score (nSPS) is 22.8. The fourth-order valence-corrected chi connectivity index (χ4v) is 5.69. The lowest BCUT2D eigenvalue weighted by atomic mass is 9.98. The van der Waals surface area contributed by atoms with Gasteiger partial charge in [-0.3, -0.25) is 19.3 Å². The lowest BCUT2D eigenvalue weighted by Crippen LogP contribution is -2.56. The Bertz CT molecular complexity index is 1000. The third-order valence-corrected chi connectivity index (χ3v) is 7.57. The predicted molar refractivity (Wildman–Crippen MR) is 140 cm³/mol. The van der Waals surface area contributed by atoms with E-state index in [0.717, 1.165) is 30.4 Å². The summed E-state index contributed by atoms with van der Waals surface area (Å²) in [4.78, 5) is 43.9. The molecule has 4 rings (SSSR count). The van der Waals surface area contributed by atoms with Crippen LogP contribution >= 0.6 is 0 Å². The third kappa shape index (κ3) is 5.62. The van der Waals surface area contributed by atoms with Crippen LogP contribution < -0.4 is 10.6 Å². The lowest BCUT2D eigenvalue weighted by molar-refractivity contribution is -0.143. The van der Waals surface area contributed by atoms with Crippen molar-refractivity contribution in [1.29, 1.82) is 0 Å². The minimum Gasteiger partial charge on any atom is -0.343 e. The first-order chi connectivity index (χ1) is 17.4. The number of nitrogens with zero attached hydrogens (tertiary/aromatic N) is 2. The Labute approximate surface area is 214 Å². The highest BCUT2D eigenvalue weighted by molar-refractivity contribution is 5.94. The second-order valence-electron chi connectivity index (χ2n) is 10.1. The first-order valence-corrected chi connectivity index (χ1v) is 13.1. The Kier molecular flexibility index (Phi) is 8.41. The molecule has 2 aliphatic rings. The molecular weight excluding hydrogens is 452 g/mol. The molecule has 0 saturated carbocycles. The van der Waals surface area contributed by atoms with Gasteiger partial charge in [0.15, 0.2) is 0 Å². The molecule has 0 bridgehead atoms. The number of likely N-dealkylation sites (N-methyl/N-ethyl adjacent to an activating group) is 1. The van der Waals surface area contributed by atoms with E-state index in [-0.39, 0.29) is 35.8 Å². The molecule has 0 aromatic heterocycles. The summed E-state index contributed by atoms with van der Waals surface area (Å²) in [7, 11) is 3.74. The van der Waals surface area contributed by atoms with Gasteiger partial charge in [-0.2, -0.15) is 0 Å². The highest BCUT2D eigenvalue weighted by atomic mass is 16.2. The molecule has 2 N–H and O–H groups in total. The summed E-state index contributed by atoms with van der Waals surface area (Å²) in [6.07, 6.45) is 4.41. The molecule has 0 spiro atoms. The van der Waals surface area contributed by atoms with Crippen molar-refractivity contribution in [3.8, 4) is 0 Å². The Morgan fingerprint density at radius 3 is 2.11 bits per heavy atom. The number of amides is 3. The number of benzene rings is 2. The summed E-state index contributed by atoms with van der Waals surface area (Å²) in [5, 5.41) is 6.24. The molecule has 3 amide bonds. The number of hydrogen-bond donors (Lipinski definition) is 2. The van der Waals surface area contributed by atoms with Crippen LogP contribution in [0.2, 0.25) is 0 Å². The van der Waals surface area contributed by atoms with E-state index in [1.807, 2.05) is 86.6 Å². The van der Waals surface area contributed by atoms with E-state index in [9.17, 15) is 14.4 Å². The molecule has 2 aliphatic heterocycles. The summed E-state index contributed by atoms with van der Waals surface area (Å²) in [5.41, 5.74) is 1.99. The van der Waals surface area contributed by atoms with Crippen molar-refractivity contribution in [2.45, 2.75) is 75.7 Å². The second-order valence-corrected chi connectivity index (χ2v) is 10.1. The maximum absolute atomic E-state index is 13.7. The van der Waals surface area contributed by atoms with Crippen LogP contribution in [0.3, 0.4) is 0 Å². The zero-order chi connectivity index (χ0) is 25.7. The Balaban J connectivity index is 1.53. The van der Waals surface area contributed by atoms with Crippen LogP contribution in [-0.2, 0) is 14.4 Å². The van der Waals surface area contributed by atoms with Gasteiger partial charge >= 0.3 is 0 Å². The zero-order valence-electron chi connectivity index (χ0n) is 21.5. The third-order valence-electron chi connectivity index (χ3n) is 7.57. The topological polar surface area (TPSA) is 81.8 Å². The molecule has 2 aromatic carbocycles. The minimum atomic E-state index is -0.594. The first-order valence-electron chi connectivity index (χ1n) is 13.1. The van der Waals surface area contributed by atoms with Crippen LogP contribution in [0.1, 0.15) is 62.6 Å². The highest BCUT2D eigenvalue weighted by Crippen LogP contribution is 2.33. The van der Waals surface area contributed by atoms with E-state index in [0.29, 0.717) is 19.3 Å². The molecule has 0 aliphatic carbocycles. The maximum atomic E-state index is 13.7. The van der Waals surface area contributed by atoms with Crippen molar-refractivity contribution in [2.75, 3.05) is 14.1 Å². The fraction of sp³-hybridized carbons (Fsp3) is 0.483. The monoisotopic (exact) mass is 490 g/mol. The van der Waals surface area contributed by atoms with E-state index >= 15 is 0 Å². The zero-order valence-corrected chi connectivity index (χ0v) is 21.5. The van der Waals surface area contributed by atoms with Gasteiger partial charge in [0.05, 0.1) is 12.1 Å². The Morgan fingerprint density at radius 1 is 0.944 bits per heavy atom. The minimum absolute atomic E-state index is 0.0397. The van der Waals surface area contributed by atoms with Crippen molar-refractivity contribution in [1.82, 2.24) is 20.4 Å². The molecular formula is C29H38N4O3. The van der Waals surface area contributed by atoms with Gasteiger partial charge in [-0.25, -0.2) is 0 Å². The van der Waals surface area contributed by atoms with Gasteiger partial charge in [0.1, 0.15) is 12.1 Å². The fourth-order valence-electron chi connectivity index (χ4n) is 5.69. The van der Waals surface area contributed by atoms with Gasteiger partial charge in [-0.1, -0.05) is 67.6 Å². The van der Waals surface area contributed by atoms with Crippen LogP contribution in [0, 0.1) is 0 Å². The second kappa shape index (κ2) is 11.7. The summed E-state index contributed by atoms with van der Waals surface area (Å²) >= 11 is 0. The van der Waals surface area contributed by atoms with Crippen molar-refractivity contribution >= 4 is 17.7 Å². The van der Waals surface area contributed by atoms with Gasteiger partial charge in [0, 0.05) is 6.04 Å². The number of carbonyl (C=O) groups is 3. The number of rotatable bonds is 8. The highest BCUT2D eigenvalue weighted by Gasteiger charge is 2.45. The molecule has 0 unspecified atom stereocenters. The van der Waals surface area contributed by atoms with Crippen LogP contribution in [0.15, 0.2) is 60.7 Å². The largest absolute Gasteiger partial charge is 0.343 e. The van der Waals surface area contributed by atoms with Gasteiger partial charge in [-0.05, 0) is 63.7 Å². The van der Waals surface area contributed by atoms with E-state index in [2.05, 4.69) is 10.6 Å². The summed E-state index contributed by atoms with van der Waals surface area (Å²) < 4.78 is 0. The first kappa shape index (κ1) is 25.9. The molecule has 192 valence electrons. The smallest absolute Gasteiger partial charge is 0.246 e. The van der Waals surface area contributed by atoms with E-state index in [1.54, 1.807) is 4.90 Å². The Morgan fingerprint density at radius 2 is 1.56 bits per heavy atom. The van der Waals surface area contributed by atoms with E-state index in [1.165, 1.54) is 0 Å². The van der Waals surface area contributed by atoms with Crippen LogP contribution in [0.25, 0.3) is 0 Å². The van der Waals surface area contributed by atoms with Gasteiger partial charge in [0.2, 0.25) is 17.7 Å². The van der Waals surface area contributed by atoms with Gasteiger partial charge in [0.25, 0.3) is 0 Å². The molecule has 2 aromatic rings. The number of nitrogens with one attached hydrogen (secondary N) is 2. The molecule has 2 fully saturated rings. The van der Waals surface area contributed by atoms with Crippen LogP contribution in [-0.4, -0.2) is 65.8 Å². The van der Waals surface area contributed by atoms with Crippen molar-refractivity contribution < 1.29 is 14.4 Å². The molecule has 36 heavy (non-hydrogen) atoms. The molecule has 0 radical (unpaired) electrons. The summed E-state index contributed by atoms with van der Waals surface area (Å²) in [5.74, 6) is -0.406. The molecule has 2 heterocycles. The maximum Gasteiger partial charge on any atom is 0.246 e. The molecule has 2 saturated heterocycles. The Hall–Kier alpha value is -3.19. The molecule has 4 atom stereocenters. The molecule has 7 nitrogen and oxygen atoms in total. The van der Waals surface area contributed by atoms with Crippen LogP contribution in [0.4, 0.5) is 0 Å². The predicted octanol–water partition coefficient (Wildman–Crippen LogP) is 3.26. The van der Waals surface area contributed by atoms with Crippen molar-refractivity contribution in [2.24, 2.45) is 0 Å². The van der Waals surface area contributed by atoms with Crippen LogP contribution in [0.5, 0.6) is 0 Å². The molecule has 7 heteroatoms. The quantitative estimate of drug-likeness (QED) is 0.595. The van der Waals surface area contributed by atoms with E-state index < -0.39 is 12.1 Å². The average molecular weight is 491 g/mol. The SMILES string of the molecule is CC[C@@H](C(=O)N[C@H]1CCC[C@H]2CC[C@@H](C(=O)NC(c3ccccc3)c3ccccc3)N2C1=O)N(C)C. The summed E-state index contributed by atoms with van der Waals surface area (Å²) in [6.45, 7) is 1.96. The standard InChI is InChI=1S/C29H38N4O3/c1-4-24(32(2)3)27(34)30-23-17-11-16-22-18-19-25(33(22)29(23)36)28(35)31-26(20-12-7-5-8-13-20)21-14-9-6-10-15-21/h5-10,12-15,22-26H,4,11,16-19H2,1-3H3,(H,30,34)(H,31,35)/t22-,23-,24-,25-/m0/s1. The number of carbonyl (C=O) groups excluding carboxylic acids is 3. The number of hydrogen-bond acceptors (Lipinski definition) is 4. The summed E-state index contributed by atoms with van der Waals surface area (Å²) in [6, 6.07) is 18.1. The van der Waals surface area contributed by atoms with E-state index in [4.69, 9.17) is 0 Å².